The molecule has 0 radical (unpaired) electrons. The van der Waals surface area contributed by atoms with Crippen LogP contribution in [0.5, 0.6) is 5.75 Å². The monoisotopic (exact) mass is 262 g/mol. The van der Waals surface area contributed by atoms with E-state index in [2.05, 4.69) is 32.9 Å². The second kappa shape index (κ2) is 5.91. The van der Waals surface area contributed by atoms with E-state index >= 15 is 0 Å². The van der Waals surface area contributed by atoms with Crippen LogP contribution in [0.25, 0.3) is 0 Å². The standard InChI is InChI=1S/C16H22O3/c1-11(8-15(17)18)10-19-14-7-6-13(9-12(14)2)16(3,4)5/h6-9H,10H2,1-5H3,(H,17,18). The lowest BCUT2D eigenvalue weighted by Crippen LogP contribution is -2.11. The van der Waals surface area contributed by atoms with E-state index in [-0.39, 0.29) is 5.41 Å². The molecule has 3 heteroatoms. The molecule has 0 saturated carbocycles. The van der Waals surface area contributed by atoms with Crippen molar-refractivity contribution in [3.63, 3.8) is 0 Å². The zero-order valence-corrected chi connectivity index (χ0v) is 12.3. The molecule has 0 aliphatic heterocycles. The summed E-state index contributed by atoms with van der Waals surface area (Å²) < 4.78 is 5.64. The summed E-state index contributed by atoms with van der Waals surface area (Å²) in [5, 5.41) is 8.63. The number of aryl methyl sites for hydroxylation is 1. The fraction of sp³-hybridized carbons (Fsp3) is 0.438. The van der Waals surface area contributed by atoms with Crippen LogP contribution in [-0.4, -0.2) is 17.7 Å². The van der Waals surface area contributed by atoms with E-state index < -0.39 is 5.97 Å². The van der Waals surface area contributed by atoms with Gasteiger partial charge in [0.25, 0.3) is 0 Å². The predicted molar refractivity (Wildman–Crippen MR) is 76.8 cm³/mol. The molecule has 0 spiro atoms. The Balaban J connectivity index is 2.79. The Bertz CT molecular complexity index is 493. The molecule has 0 heterocycles. The molecule has 0 amide bonds. The number of benzene rings is 1. The average Bonchev–Trinajstić information content (AvgIpc) is 2.25. The normalized spacial score (nSPS) is 12.4. The second-order valence-corrected chi connectivity index (χ2v) is 5.85. The first kappa shape index (κ1) is 15.3. The van der Waals surface area contributed by atoms with Gasteiger partial charge < -0.3 is 9.84 Å². The SMILES string of the molecule is CC(=CC(=O)O)COc1ccc(C(C)(C)C)cc1C. The molecule has 1 aromatic rings. The van der Waals surface area contributed by atoms with Crippen molar-refractivity contribution >= 4 is 5.97 Å². The first-order chi connectivity index (χ1) is 8.70. The van der Waals surface area contributed by atoms with Gasteiger partial charge in [-0.2, -0.15) is 0 Å². The van der Waals surface area contributed by atoms with Crippen molar-refractivity contribution in [3.8, 4) is 5.75 Å². The third kappa shape index (κ3) is 4.78. The van der Waals surface area contributed by atoms with Crippen molar-refractivity contribution < 1.29 is 14.6 Å². The van der Waals surface area contributed by atoms with Gasteiger partial charge in [-0.3, -0.25) is 0 Å². The highest BCUT2D eigenvalue weighted by molar-refractivity contribution is 5.80. The van der Waals surface area contributed by atoms with Crippen LogP contribution in [0, 0.1) is 6.92 Å². The van der Waals surface area contributed by atoms with Crippen LogP contribution < -0.4 is 4.74 Å². The summed E-state index contributed by atoms with van der Waals surface area (Å²) in [5.41, 5.74) is 3.13. The molecule has 0 unspecified atom stereocenters. The van der Waals surface area contributed by atoms with E-state index in [1.165, 1.54) is 11.6 Å². The van der Waals surface area contributed by atoms with Gasteiger partial charge in [-0.15, -0.1) is 0 Å². The van der Waals surface area contributed by atoms with E-state index in [9.17, 15) is 4.79 Å². The molecule has 1 rings (SSSR count). The van der Waals surface area contributed by atoms with Crippen molar-refractivity contribution in [1.29, 1.82) is 0 Å². The highest BCUT2D eigenvalue weighted by Crippen LogP contribution is 2.27. The molecule has 0 aliphatic rings. The number of carboxylic acids is 1. The minimum absolute atomic E-state index is 0.114. The molecule has 1 aromatic carbocycles. The zero-order valence-electron chi connectivity index (χ0n) is 12.3. The Labute approximate surface area is 114 Å². The lowest BCUT2D eigenvalue weighted by Gasteiger charge is -2.20. The fourth-order valence-corrected chi connectivity index (χ4v) is 1.72. The molecule has 0 aliphatic carbocycles. The van der Waals surface area contributed by atoms with Crippen LogP contribution in [0.4, 0.5) is 0 Å². The van der Waals surface area contributed by atoms with E-state index in [0.29, 0.717) is 12.2 Å². The molecule has 3 nitrogen and oxygen atoms in total. The van der Waals surface area contributed by atoms with Gasteiger partial charge in [-0.05, 0) is 42.0 Å². The van der Waals surface area contributed by atoms with Gasteiger partial charge in [0.05, 0.1) is 0 Å². The lowest BCUT2D eigenvalue weighted by molar-refractivity contribution is -0.131. The number of hydrogen-bond acceptors (Lipinski definition) is 2. The second-order valence-electron chi connectivity index (χ2n) is 5.85. The van der Waals surface area contributed by atoms with Crippen LogP contribution in [0.15, 0.2) is 29.8 Å². The van der Waals surface area contributed by atoms with Crippen LogP contribution in [-0.2, 0) is 10.2 Å². The maximum atomic E-state index is 10.5. The number of aliphatic carboxylic acids is 1. The van der Waals surface area contributed by atoms with Crippen molar-refractivity contribution in [1.82, 2.24) is 0 Å². The van der Waals surface area contributed by atoms with Crippen LogP contribution in [0.2, 0.25) is 0 Å². The Kier molecular flexibility index (Phi) is 4.76. The first-order valence-corrected chi connectivity index (χ1v) is 6.34. The molecule has 0 atom stereocenters. The topological polar surface area (TPSA) is 46.5 Å². The summed E-state index contributed by atoms with van der Waals surface area (Å²) in [6, 6.07) is 6.12. The summed E-state index contributed by atoms with van der Waals surface area (Å²) in [6.45, 7) is 10.5. The smallest absolute Gasteiger partial charge is 0.328 e. The molecular formula is C16H22O3. The van der Waals surface area contributed by atoms with Gasteiger partial charge >= 0.3 is 5.97 Å². The molecule has 19 heavy (non-hydrogen) atoms. The number of carboxylic acid groups (broad SMARTS) is 1. The number of carbonyl (C=O) groups is 1. The van der Waals surface area contributed by atoms with Crippen LogP contribution >= 0.6 is 0 Å². The van der Waals surface area contributed by atoms with Crippen molar-refractivity contribution in [2.24, 2.45) is 0 Å². The molecule has 0 aromatic heterocycles. The average molecular weight is 262 g/mol. The third-order valence-corrected chi connectivity index (χ3v) is 2.87. The quantitative estimate of drug-likeness (QED) is 0.841. The van der Waals surface area contributed by atoms with E-state index in [1.807, 2.05) is 13.0 Å². The van der Waals surface area contributed by atoms with Crippen LogP contribution in [0.3, 0.4) is 0 Å². The Morgan fingerprint density at radius 1 is 1.37 bits per heavy atom. The maximum Gasteiger partial charge on any atom is 0.328 e. The highest BCUT2D eigenvalue weighted by atomic mass is 16.5. The van der Waals surface area contributed by atoms with Crippen molar-refractivity contribution in [3.05, 3.63) is 41.0 Å². The van der Waals surface area contributed by atoms with E-state index in [0.717, 1.165) is 11.3 Å². The van der Waals surface area contributed by atoms with Gasteiger partial charge in [-0.25, -0.2) is 4.79 Å². The largest absolute Gasteiger partial charge is 0.489 e. The number of rotatable bonds is 4. The number of ether oxygens (including phenoxy) is 1. The van der Waals surface area contributed by atoms with Gasteiger partial charge in [0.15, 0.2) is 0 Å². The summed E-state index contributed by atoms with van der Waals surface area (Å²) in [7, 11) is 0. The highest BCUT2D eigenvalue weighted by Gasteiger charge is 2.14. The zero-order chi connectivity index (χ0) is 14.6. The van der Waals surface area contributed by atoms with Crippen molar-refractivity contribution in [2.45, 2.75) is 40.0 Å². The van der Waals surface area contributed by atoms with Crippen LogP contribution in [0.1, 0.15) is 38.8 Å². The first-order valence-electron chi connectivity index (χ1n) is 6.34. The third-order valence-electron chi connectivity index (χ3n) is 2.87. The summed E-state index contributed by atoms with van der Waals surface area (Å²) in [4.78, 5) is 10.5. The lowest BCUT2D eigenvalue weighted by atomic mass is 9.86. The van der Waals surface area contributed by atoms with Crippen molar-refractivity contribution in [2.75, 3.05) is 6.61 Å². The number of hydrogen-bond donors (Lipinski definition) is 1. The molecule has 0 saturated heterocycles. The Morgan fingerprint density at radius 2 is 2.00 bits per heavy atom. The molecular weight excluding hydrogens is 240 g/mol. The Morgan fingerprint density at radius 3 is 2.47 bits per heavy atom. The van der Waals surface area contributed by atoms with E-state index in [4.69, 9.17) is 9.84 Å². The summed E-state index contributed by atoms with van der Waals surface area (Å²) in [5.74, 6) is -0.146. The van der Waals surface area contributed by atoms with Gasteiger partial charge in [0, 0.05) is 6.08 Å². The van der Waals surface area contributed by atoms with Gasteiger partial charge in [0.1, 0.15) is 12.4 Å². The minimum Gasteiger partial charge on any atom is -0.489 e. The van der Waals surface area contributed by atoms with Gasteiger partial charge in [0.2, 0.25) is 0 Å². The van der Waals surface area contributed by atoms with E-state index in [1.54, 1.807) is 6.92 Å². The van der Waals surface area contributed by atoms with Gasteiger partial charge in [-0.1, -0.05) is 32.9 Å². The molecule has 0 fully saturated rings. The molecule has 104 valence electrons. The Hall–Kier alpha value is -1.77. The fourth-order valence-electron chi connectivity index (χ4n) is 1.72. The summed E-state index contributed by atoms with van der Waals surface area (Å²) >= 11 is 0. The maximum absolute atomic E-state index is 10.5. The predicted octanol–water partition coefficient (Wildman–Crippen LogP) is 3.70. The molecule has 1 N–H and O–H groups in total. The summed E-state index contributed by atoms with van der Waals surface area (Å²) in [6.07, 6.45) is 1.17. The molecule has 0 bridgehead atoms. The minimum atomic E-state index is -0.944.